The molecule has 2 aliphatic rings. The third kappa shape index (κ3) is 3.26. The Hall–Kier alpha value is -1.90. The number of hydrogen-bond donors (Lipinski definition) is 0. The minimum Gasteiger partial charge on any atom is -0.497 e. The lowest BCUT2D eigenvalue weighted by molar-refractivity contribution is 0.107. The minimum atomic E-state index is -3.65. The fraction of sp³-hybridized carbons (Fsp3) is 0.526. The van der Waals surface area contributed by atoms with Crippen molar-refractivity contribution in [2.24, 2.45) is 7.05 Å². The summed E-state index contributed by atoms with van der Waals surface area (Å²) >= 11 is 0. The van der Waals surface area contributed by atoms with Gasteiger partial charge in [0.05, 0.1) is 37.0 Å². The highest BCUT2D eigenvalue weighted by Gasteiger charge is 2.38. The standard InChI is InChI=1S/C19H25N3O4S/c1-21-17-9-11-26-13-16(17)19(20-21)18-8-3-4-10-22(18)27(23,24)15-7-5-6-14(12-15)25-2/h5-7,12,18H,3-4,8-11,13H2,1-2H3. The van der Waals surface area contributed by atoms with Gasteiger partial charge in [0.15, 0.2) is 0 Å². The van der Waals surface area contributed by atoms with E-state index in [4.69, 9.17) is 14.6 Å². The molecule has 8 heteroatoms. The normalized spacial score (nSPS) is 21.0. The summed E-state index contributed by atoms with van der Waals surface area (Å²) < 4.78 is 41.2. The third-order valence-electron chi connectivity index (χ3n) is 5.45. The first-order valence-electron chi connectivity index (χ1n) is 9.30. The number of methoxy groups -OCH3 is 1. The van der Waals surface area contributed by atoms with Gasteiger partial charge in [-0.05, 0) is 25.0 Å². The Morgan fingerprint density at radius 3 is 2.96 bits per heavy atom. The Balaban J connectivity index is 1.75. The van der Waals surface area contributed by atoms with Crippen LogP contribution in [0.2, 0.25) is 0 Å². The van der Waals surface area contributed by atoms with Crippen LogP contribution < -0.4 is 4.74 Å². The third-order valence-corrected chi connectivity index (χ3v) is 7.36. The highest BCUT2D eigenvalue weighted by atomic mass is 32.2. The molecule has 1 unspecified atom stereocenters. The van der Waals surface area contributed by atoms with Gasteiger partial charge in [0, 0.05) is 37.3 Å². The zero-order chi connectivity index (χ0) is 19.0. The van der Waals surface area contributed by atoms with E-state index in [9.17, 15) is 8.42 Å². The predicted octanol–water partition coefficient (Wildman–Crippen LogP) is 2.42. The summed E-state index contributed by atoms with van der Waals surface area (Å²) in [5, 5.41) is 4.71. The molecule has 0 N–H and O–H groups in total. The quantitative estimate of drug-likeness (QED) is 0.800. The fourth-order valence-corrected chi connectivity index (χ4v) is 5.77. The van der Waals surface area contributed by atoms with Crippen molar-refractivity contribution in [3.8, 4) is 5.75 Å². The molecule has 146 valence electrons. The molecule has 0 bridgehead atoms. The monoisotopic (exact) mass is 391 g/mol. The number of fused-ring (bicyclic) bond motifs is 1. The van der Waals surface area contributed by atoms with Gasteiger partial charge < -0.3 is 9.47 Å². The number of rotatable bonds is 4. The van der Waals surface area contributed by atoms with Crippen molar-refractivity contribution in [2.75, 3.05) is 20.3 Å². The van der Waals surface area contributed by atoms with Gasteiger partial charge in [0.2, 0.25) is 10.0 Å². The lowest BCUT2D eigenvalue weighted by Gasteiger charge is -2.34. The first-order chi connectivity index (χ1) is 13.0. The Morgan fingerprint density at radius 1 is 1.30 bits per heavy atom. The molecule has 2 aliphatic heterocycles. The largest absolute Gasteiger partial charge is 0.497 e. The molecule has 0 radical (unpaired) electrons. The van der Waals surface area contributed by atoms with Crippen LogP contribution in [0.3, 0.4) is 0 Å². The summed E-state index contributed by atoms with van der Waals surface area (Å²) in [5.74, 6) is 0.535. The Bertz CT molecular complexity index is 938. The van der Waals surface area contributed by atoms with Crippen LogP contribution in [0, 0.1) is 0 Å². The van der Waals surface area contributed by atoms with Crippen LogP contribution >= 0.6 is 0 Å². The van der Waals surface area contributed by atoms with E-state index in [-0.39, 0.29) is 10.9 Å². The molecule has 0 saturated carbocycles. The number of piperidine rings is 1. The molecule has 1 aromatic carbocycles. The van der Waals surface area contributed by atoms with Crippen LogP contribution in [0.5, 0.6) is 5.75 Å². The highest BCUT2D eigenvalue weighted by molar-refractivity contribution is 7.89. The molecule has 4 rings (SSSR count). The number of benzene rings is 1. The summed E-state index contributed by atoms with van der Waals surface area (Å²) in [6.07, 6.45) is 3.42. The summed E-state index contributed by atoms with van der Waals surface area (Å²) in [6, 6.07) is 6.41. The van der Waals surface area contributed by atoms with Crippen LogP contribution in [0.1, 0.15) is 42.3 Å². The van der Waals surface area contributed by atoms with E-state index in [1.165, 1.54) is 7.11 Å². The van der Waals surface area contributed by atoms with E-state index < -0.39 is 10.0 Å². The molecule has 1 fully saturated rings. The number of hydrogen-bond acceptors (Lipinski definition) is 5. The summed E-state index contributed by atoms with van der Waals surface area (Å²) in [6.45, 7) is 1.68. The maximum Gasteiger partial charge on any atom is 0.243 e. The predicted molar refractivity (Wildman–Crippen MR) is 100 cm³/mol. The van der Waals surface area contributed by atoms with Gasteiger partial charge in [0.25, 0.3) is 0 Å². The smallest absolute Gasteiger partial charge is 0.243 e. The van der Waals surface area contributed by atoms with Crippen molar-refractivity contribution in [2.45, 2.75) is 43.2 Å². The van der Waals surface area contributed by atoms with E-state index in [0.717, 1.165) is 42.6 Å². The second-order valence-electron chi connectivity index (χ2n) is 7.04. The average molecular weight is 391 g/mol. The molecule has 2 aromatic rings. The number of aryl methyl sites for hydroxylation is 1. The maximum absolute atomic E-state index is 13.4. The maximum atomic E-state index is 13.4. The van der Waals surface area contributed by atoms with Gasteiger partial charge in [0.1, 0.15) is 5.75 Å². The molecule has 0 spiro atoms. The van der Waals surface area contributed by atoms with Crippen LogP contribution in [-0.4, -0.2) is 42.8 Å². The lowest BCUT2D eigenvalue weighted by Crippen LogP contribution is -2.39. The van der Waals surface area contributed by atoms with E-state index >= 15 is 0 Å². The summed E-state index contributed by atoms with van der Waals surface area (Å²) in [5.41, 5.74) is 3.06. The van der Waals surface area contributed by atoms with Crippen LogP contribution in [0.15, 0.2) is 29.2 Å². The zero-order valence-electron chi connectivity index (χ0n) is 15.7. The lowest BCUT2D eigenvalue weighted by atomic mass is 9.97. The average Bonchev–Trinajstić information content (AvgIpc) is 3.05. The first kappa shape index (κ1) is 18.5. The Labute approximate surface area is 159 Å². The molecule has 7 nitrogen and oxygen atoms in total. The number of nitrogens with zero attached hydrogens (tertiary/aromatic N) is 3. The van der Waals surface area contributed by atoms with Gasteiger partial charge in [-0.2, -0.15) is 9.40 Å². The van der Waals surface area contributed by atoms with Gasteiger partial charge in [-0.15, -0.1) is 0 Å². The van der Waals surface area contributed by atoms with E-state index in [2.05, 4.69) is 0 Å². The van der Waals surface area contributed by atoms with Gasteiger partial charge in [-0.3, -0.25) is 4.68 Å². The number of ether oxygens (including phenoxy) is 2. The van der Waals surface area contributed by atoms with Crippen molar-refractivity contribution in [3.63, 3.8) is 0 Å². The van der Waals surface area contributed by atoms with Crippen molar-refractivity contribution < 1.29 is 17.9 Å². The van der Waals surface area contributed by atoms with Crippen LogP contribution in [0.25, 0.3) is 0 Å². The van der Waals surface area contributed by atoms with Gasteiger partial charge >= 0.3 is 0 Å². The Morgan fingerprint density at radius 2 is 2.15 bits per heavy atom. The second kappa shape index (κ2) is 7.26. The molecular weight excluding hydrogens is 366 g/mol. The molecule has 0 aliphatic carbocycles. The van der Waals surface area contributed by atoms with E-state index in [0.29, 0.717) is 25.5 Å². The topological polar surface area (TPSA) is 73.7 Å². The first-order valence-corrected chi connectivity index (χ1v) is 10.7. The molecular formula is C19H25N3O4S. The van der Waals surface area contributed by atoms with Crippen molar-refractivity contribution in [3.05, 3.63) is 41.2 Å². The van der Waals surface area contributed by atoms with Crippen LogP contribution in [0.4, 0.5) is 0 Å². The second-order valence-corrected chi connectivity index (χ2v) is 8.93. The van der Waals surface area contributed by atoms with Crippen molar-refractivity contribution in [1.82, 2.24) is 14.1 Å². The molecule has 3 heterocycles. The number of aromatic nitrogens is 2. The van der Waals surface area contributed by atoms with Gasteiger partial charge in [-0.1, -0.05) is 12.5 Å². The minimum absolute atomic E-state index is 0.258. The van der Waals surface area contributed by atoms with Crippen molar-refractivity contribution in [1.29, 1.82) is 0 Å². The summed E-state index contributed by atoms with van der Waals surface area (Å²) in [7, 11) is -0.181. The Kier molecular flexibility index (Phi) is 4.96. The zero-order valence-corrected chi connectivity index (χ0v) is 16.5. The van der Waals surface area contributed by atoms with Gasteiger partial charge in [-0.25, -0.2) is 8.42 Å². The van der Waals surface area contributed by atoms with E-state index in [1.807, 2.05) is 11.7 Å². The molecule has 1 saturated heterocycles. The van der Waals surface area contributed by atoms with Crippen LogP contribution in [-0.2, 0) is 34.8 Å². The molecule has 0 amide bonds. The van der Waals surface area contributed by atoms with E-state index in [1.54, 1.807) is 28.6 Å². The SMILES string of the molecule is COc1cccc(S(=O)(=O)N2CCCCC2c2nn(C)c3c2COCC3)c1. The molecule has 1 aromatic heterocycles. The fourth-order valence-electron chi connectivity index (χ4n) is 4.07. The molecule has 27 heavy (non-hydrogen) atoms. The van der Waals surface area contributed by atoms with Crippen molar-refractivity contribution >= 4 is 10.0 Å². The highest BCUT2D eigenvalue weighted by Crippen LogP contribution is 2.38. The summed E-state index contributed by atoms with van der Waals surface area (Å²) in [4.78, 5) is 0.259. The number of sulfonamides is 1. The molecule has 1 atom stereocenters.